The molecule has 106 valence electrons. The van der Waals surface area contributed by atoms with Gasteiger partial charge in [-0.3, -0.25) is 5.32 Å². The molecule has 0 aliphatic rings. The number of nitrogens with one attached hydrogen (secondary N) is 2. The van der Waals surface area contributed by atoms with Gasteiger partial charge in [0.1, 0.15) is 5.01 Å². The van der Waals surface area contributed by atoms with Crippen LogP contribution in [0.4, 0.5) is 9.93 Å². The number of anilines is 1. The van der Waals surface area contributed by atoms with Crippen molar-refractivity contribution in [3.8, 4) is 0 Å². The number of aromatic nitrogens is 2. The fraction of sp³-hybridized carbons (Fsp3) is 0.250. The van der Waals surface area contributed by atoms with Gasteiger partial charge in [0.25, 0.3) is 0 Å². The lowest BCUT2D eigenvalue weighted by atomic mass is 10.1. The Balaban J connectivity index is 1.84. The van der Waals surface area contributed by atoms with Crippen molar-refractivity contribution in [3.05, 3.63) is 39.9 Å². The maximum absolute atomic E-state index is 11.6. The van der Waals surface area contributed by atoms with Crippen molar-refractivity contribution in [2.45, 2.75) is 13.0 Å². The molecule has 1 aromatic carbocycles. The fourth-order valence-corrected chi connectivity index (χ4v) is 2.30. The summed E-state index contributed by atoms with van der Waals surface area (Å²) < 4.78 is 0. The molecule has 0 radical (unpaired) electrons. The second kappa shape index (κ2) is 6.65. The molecule has 0 bridgehead atoms. The topological polar surface area (TPSA) is 87.1 Å². The summed E-state index contributed by atoms with van der Waals surface area (Å²) in [6.45, 7) is 1.87. The van der Waals surface area contributed by atoms with Crippen LogP contribution >= 0.6 is 22.9 Å². The highest BCUT2D eigenvalue weighted by atomic mass is 35.5. The van der Waals surface area contributed by atoms with Crippen LogP contribution in [0.15, 0.2) is 24.3 Å². The maximum atomic E-state index is 11.6. The zero-order valence-electron chi connectivity index (χ0n) is 10.6. The van der Waals surface area contributed by atoms with Crippen LogP contribution in [-0.2, 0) is 0 Å². The summed E-state index contributed by atoms with van der Waals surface area (Å²) in [5.74, 6) is 0. The molecule has 2 amide bonds. The maximum Gasteiger partial charge on any atom is 0.321 e. The highest BCUT2D eigenvalue weighted by molar-refractivity contribution is 7.15. The third kappa shape index (κ3) is 4.16. The summed E-state index contributed by atoms with van der Waals surface area (Å²) in [5, 5.41) is 24.3. The number of halogens is 1. The van der Waals surface area contributed by atoms with Crippen molar-refractivity contribution in [1.29, 1.82) is 0 Å². The molecule has 0 aliphatic carbocycles. The van der Waals surface area contributed by atoms with Gasteiger partial charge in [0, 0.05) is 11.6 Å². The van der Waals surface area contributed by atoms with Crippen molar-refractivity contribution in [2.75, 3.05) is 11.9 Å². The molecule has 3 N–H and O–H groups in total. The normalized spacial score (nSPS) is 11.9. The second-order valence-corrected chi connectivity index (χ2v) is 5.65. The molecule has 8 heteroatoms. The lowest BCUT2D eigenvalue weighted by Crippen LogP contribution is -2.32. The number of rotatable bonds is 4. The van der Waals surface area contributed by atoms with E-state index in [4.69, 9.17) is 11.6 Å². The van der Waals surface area contributed by atoms with Crippen LogP contribution in [0, 0.1) is 6.92 Å². The van der Waals surface area contributed by atoms with Gasteiger partial charge in [0.15, 0.2) is 0 Å². The van der Waals surface area contributed by atoms with Gasteiger partial charge >= 0.3 is 6.03 Å². The number of amides is 2. The molecule has 0 saturated carbocycles. The second-order valence-electron chi connectivity index (χ2n) is 4.03. The number of benzene rings is 1. The molecule has 2 rings (SSSR count). The van der Waals surface area contributed by atoms with Gasteiger partial charge in [-0.2, -0.15) is 0 Å². The van der Waals surface area contributed by atoms with E-state index >= 15 is 0 Å². The van der Waals surface area contributed by atoms with Crippen LogP contribution in [0.5, 0.6) is 0 Å². The van der Waals surface area contributed by atoms with Crippen LogP contribution in [0.2, 0.25) is 5.02 Å². The number of urea groups is 1. The number of hydrogen-bond acceptors (Lipinski definition) is 5. The van der Waals surface area contributed by atoms with Crippen molar-refractivity contribution >= 4 is 34.1 Å². The Labute approximate surface area is 124 Å². The zero-order valence-corrected chi connectivity index (χ0v) is 12.2. The van der Waals surface area contributed by atoms with Crippen molar-refractivity contribution in [3.63, 3.8) is 0 Å². The van der Waals surface area contributed by atoms with Crippen LogP contribution in [0.1, 0.15) is 16.7 Å². The summed E-state index contributed by atoms with van der Waals surface area (Å²) in [7, 11) is 0. The third-order valence-electron chi connectivity index (χ3n) is 2.44. The van der Waals surface area contributed by atoms with E-state index in [1.54, 1.807) is 31.2 Å². The molecule has 1 unspecified atom stereocenters. The van der Waals surface area contributed by atoms with E-state index in [2.05, 4.69) is 20.8 Å². The van der Waals surface area contributed by atoms with Gasteiger partial charge < -0.3 is 10.4 Å². The van der Waals surface area contributed by atoms with E-state index in [9.17, 15) is 9.90 Å². The van der Waals surface area contributed by atoms with Crippen LogP contribution in [-0.4, -0.2) is 27.9 Å². The van der Waals surface area contributed by atoms with E-state index in [0.29, 0.717) is 15.7 Å². The van der Waals surface area contributed by atoms with E-state index in [1.165, 1.54) is 11.3 Å². The Hall–Kier alpha value is -1.70. The quantitative estimate of drug-likeness (QED) is 0.808. The number of carbonyl (C=O) groups is 1. The summed E-state index contributed by atoms with van der Waals surface area (Å²) >= 11 is 7.11. The van der Waals surface area contributed by atoms with Crippen LogP contribution < -0.4 is 10.6 Å². The highest BCUT2D eigenvalue weighted by Crippen LogP contribution is 2.17. The summed E-state index contributed by atoms with van der Waals surface area (Å²) in [6, 6.07) is 6.41. The largest absolute Gasteiger partial charge is 0.387 e. The number of nitrogens with zero attached hydrogens (tertiary/aromatic N) is 2. The van der Waals surface area contributed by atoms with Gasteiger partial charge in [-0.15, -0.1) is 10.2 Å². The number of aliphatic hydroxyl groups is 1. The SMILES string of the molecule is Cc1nnc(NC(=O)NCC(O)c2cccc(Cl)c2)s1. The monoisotopic (exact) mass is 312 g/mol. The smallest absolute Gasteiger partial charge is 0.321 e. The van der Waals surface area contributed by atoms with Crippen LogP contribution in [0.25, 0.3) is 0 Å². The summed E-state index contributed by atoms with van der Waals surface area (Å²) in [6.07, 6.45) is -0.824. The molecule has 2 aromatic rings. The lowest BCUT2D eigenvalue weighted by molar-refractivity contribution is 0.175. The van der Waals surface area contributed by atoms with Gasteiger partial charge in [-0.05, 0) is 24.6 Å². The number of aliphatic hydroxyl groups excluding tert-OH is 1. The Morgan fingerprint density at radius 2 is 2.30 bits per heavy atom. The Kier molecular flexibility index (Phi) is 4.89. The zero-order chi connectivity index (χ0) is 14.5. The summed E-state index contributed by atoms with van der Waals surface area (Å²) in [5.41, 5.74) is 0.643. The number of hydrogen-bond donors (Lipinski definition) is 3. The van der Waals surface area contributed by atoms with E-state index < -0.39 is 12.1 Å². The first-order valence-electron chi connectivity index (χ1n) is 5.83. The first kappa shape index (κ1) is 14.7. The van der Waals surface area contributed by atoms with Gasteiger partial charge in [0.2, 0.25) is 5.13 Å². The molecule has 1 heterocycles. The molecular weight excluding hydrogens is 300 g/mol. The van der Waals surface area contributed by atoms with E-state index in [0.717, 1.165) is 5.01 Å². The van der Waals surface area contributed by atoms with Gasteiger partial charge in [-0.25, -0.2) is 4.79 Å². The van der Waals surface area contributed by atoms with Gasteiger partial charge in [0.05, 0.1) is 6.10 Å². The first-order valence-corrected chi connectivity index (χ1v) is 7.02. The molecule has 1 atom stereocenters. The minimum atomic E-state index is -0.824. The lowest BCUT2D eigenvalue weighted by Gasteiger charge is -2.12. The van der Waals surface area contributed by atoms with Crippen LogP contribution in [0.3, 0.4) is 0 Å². The minimum absolute atomic E-state index is 0.0734. The average molecular weight is 313 g/mol. The average Bonchev–Trinajstić information content (AvgIpc) is 2.81. The Bertz CT molecular complexity index is 605. The van der Waals surface area contributed by atoms with Crippen molar-refractivity contribution in [2.24, 2.45) is 0 Å². The molecule has 0 aliphatic heterocycles. The van der Waals surface area contributed by atoms with E-state index in [-0.39, 0.29) is 6.54 Å². The highest BCUT2D eigenvalue weighted by Gasteiger charge is 2.11. The predicted octanol–water partition coefficient (Wildman–Crippen LogP) is 2.36. The minimum Gasteiger partial charge on any atom is -0.387 e. The third-order valence-corrected chi connectivity index (χ3v) is 3.43. The number of carbonyl (C=O) groups excluding carboxylic acids is 1. The fourth-order valence-electron chi connectivity index (χ4n) is 1.51. The van der Waals surface area contributed by atoms with Gasteiger partial charge in [-0.1, -0.05) is 35.1 Å². The Morgan fingerprint density at radius 1 is 1.50 bits per heavy atom. The number of aryl methyl sites for hydroxylation is 1. The first-order chi connectivity index (χ1) is 9.54. The molecule has 0 spiro atoms. The summed E-state index contributed by atoms with van der Waals surface area (Å²) in [4.78, 5) is 11.6. The molecule has 0 fully saturated rings. The predicted molar refractivity (Wildman–Crippen MR) is 78.1 cm³/mol. The van der Waals surface area contributed by atoms with E-state index in [1.807, 2.05) is 0 Å². The molecular formula is C12H13ClN4O2S. The van der Waals surface area contributed by atoms with Crippen molar-refractivity contribution in [1.82, 2.24) is 15.5 Å². The molecule has 6 nitrogen and oxygen atoms in total. The standard InChI is InChI=1S/C12H13ClN4O2S/c1-7-16-17-12(20-7)15-11(19)14-6-10(18)8-3-2-4-9(13)5-8/h2-5,10,18H,6H2,1H3,(H2,14,15,17,19). The van der Waals surface area contributed by atoms with Crippen molar-refractivity contribution < 1.29 is 9.90 Å². The Morgan fingerprint density at radius 3 is 2.95 bits per heavy atom. The molecule has 0 saturated heterocycles. The molecule has 20 heavy (non-hydrogen) atoms. The molecule has 1 aromatic heterocycles.